The van der Waals surface area contributed by atoms with Gasteiger partial charge in [0.05, 0.1) is 6.61 Å². The molecule has 0 saturated heterocycles. The summed E-state index contributed by atoms with van der Waals surface area (Å²) in [6.07, 6.45) is 0.267. The Hall–Kier alpha value is -0.280. The lowest BCUT2D eigenvalue weighted by Gasteiger charge is -2.17. The molecule has 0 saturated carbocycles. The predicted molar refractivity (Wildman–Crippen MR) is 44.1 cm³/mol. The standard InChI is InChI=1S/C7H12O2S/c1-7(2,5-8)6(9)3-4-10/h4,8H,3,5H2,1-2H3. The van der Waals surface area contributed by atoms with Gasteiger partial charge in [0.1, 0.15) is 5.78 Å². The van der Waals surface area contributed by atoms with E-state index in [1.807, 2.05) is 0 Å². The first-order valence-electron chi connectivity index (χ1n) is 3.12. The first kappa shape index (κ1) is 9.72. The van der Waals surface area contributed by atoms with Crippen molar-refractivity contribution >= 4 is 23.4 Å². The Morgan fingerprint density at radius 3 is 2.50 bits per heavy atom. The van der Waals surface area contributed by atoms with Crippen LogP contribution >= 0.6 is 12.2 Å². The van der Waals surface area contributed by atoms with E-state index in [-0.39, 0.29) is 18.8 Å². The SMILES string of the molecule is CC(C)(CO)C(=O)CC=S. The van der Waals surface area contributed by atoms with Gasteiger partial charge in [-0.2, -0.15) is 0 Å². The summed E-state index contributed by atoms with van der Waals surface area (Å²) in [4.78, 5) is 11.0. The van der Waals surface area contributed by atoms with Crippen molar-refractivity contribution in [2.75, 3.05) is 6.61 Å². The van der Waals surface area contributed by atoms with Gasteiger partial charge in [0.15, 0.2) is 0 Å². The summed E-state index contributed by atoms with van der Waals surface area (Å²) >= 11 is 4.52. The predicted octanol–water partition coefficient (Wildman–Crippen LogP) is 0.964. The molecule has 10 heavy (non-hydrogen) atoms. The van der Waals surface area contributed by atoms with Crippen molar-refractivity contribution < 1.29 is 9.90 Å². The van der Waals surface area contributed by atoms with Gasteiger partial charge in [-0.15, -0.1) is 0 Å². The Kier molecular flexibility index (Phi) is 3.68. The van der Waals surface area contributed by atoms with Gasteiger partial charge in [-0.25, -0.2) is 0 Å². The Morgan fingerprint density at radius 2 is 2.20 bits per heavy atom. The number of Topliss-reactive ketones (excluding diaryl/α,β-unsaturated/α-hetero) is 1. The number of hydrogen-bond acceptors (Lipinski definition) is 3. The maximum Gasteiger partial charge on any atom is 0.145 e. The lowest BCUT2D eigenvalue weighted by molar-refractivity contribution is -0.127. The zero-order chi connectivity index (χ0) is 8.20. The highest BCUT2D eigenvalue weighted by Gasteiger charge is 2.24. The van der Waals surface area contributed by atoms with Gasteiger partial charge in [-0.3, -0.25) is 4.79 Å². The summed E-state index contributed by atoms with van der Waals surface area (Å²) in [6.45, 7) is 3.29. The number of thiocarbonyl (C=S) groups is 1. The van der Waals surface area contributed by atoms with Gasteiger partial charge < -0.3 is 5.11 Å². The van der Waals surface area contributed by atoms with Crippen LogP contribution in [0.15, 0.2) is 0 Å². The van der Waals surface area contributed by atoms with Crippen LogP contribution in [-0.4, -0.2) is 22.9 Å². The van der Waals surface area contributed by atoms with E-state index in [1.54, 1.807) is 13.8 Å². The molecule has 0 heterocycles. The summed E-state index contributed by atoms with van der Waals surface area (Å²) in [7, 11) is 0. The second-order valence-corrected chi connectivity index (χ2v) is 3.17. The van der Waals surface area contributed by atoms with Crippen LogP contribution < -0.4 is 0 Å². The second kappa shape index (κ2) is 3.78. The number of ketones is 1. The zero-order valence-corrected chi connectivity index (χ0v) is 7.07. The molecular formula is C7H12O2S. The van der Waals surface area contributed by atoms with Gasteiger partial charge in [0.25, 0.3) is 0 Å². The van der Waals surface area contributed by atoms with E-state index in [0.717, 1.165) is 0 Å². The molecule has 1 N–H and O–H groups in total. The fraction of sp³-hybridized carbons (Fsp3) is 0.714. The molecule has 0 amide bonds. The summed E-state index contributed by atoms with van der Waals surface area (Å²) in [5, 5.41) is 10.1. The molecule has 0 unspecified atom stereocenters. The topological polar surface area (TPSA) is 37.3 Å². The third kappa shape index (κ3) is 2.54. The minimum Gasteiger partial charge on any atom is -0.395 e. The van der Waals surface area contributed by atoms with Crippen molar-refractivity contribution in [2.45, 2.75) is 20.3 Å². The van der Waals surface area contributed by atoms with E-state index in [1.165, 1.54) is 5.37 Å². The number of aliphatic hydroxyl groups excluding tert-OH is 1. The Balaban J connectivity index is 4.03. The molecule has 0 rings (SSSR count). The molecule has 0 aromatic carbocycles. The third-order valence-corrected chi connectivity index (χ3v) is 1.59. The Labute approximate surface area is 66.2 Å². The van der Waals surface area contributed by atoms with Crippen LogP contribution in [0.3, 0.4) is 0 Å². The van der Waals surface area contributed by atoms with Crippen molar-refractivity contribution in [3.05, 3.63) is 0 Å². The van der Waals surface area contributed by atoms with Crippen molar-refractivity contribution in [3.8, 4) is 0 Å². The molecule has 0 fully saturated rings. The minimum atomic E-state index is -0.630. The van der Waals surface area contributed by atoms with Gasteiger partial charge in [-0.05, 0) is 5.37 Å². The summed E-state index contributed by atoms with van der Waals surface area (Å²) < 4.78 is 0. The largest absolute Gasteiger partial charge is 0.395 e. The van der Waals surface area contributed by atoms with Crippen LogP contribution in [0.2, 0.25) is 0 Å². The molecule has 58 valence electrons. The van der Waals surface area contributed by atoms with Crippen LogP contribution in [0.5, 0.6) is 0 Å². The highest BCUT2D eigenvalue weighted by atomic mass is 32.1. The van der Waals surface area contributed by atoms with E-state index >= 15 is 0 Å². The molecule has 0 aromatic heterocycles. The van der Waals surface area contributed by atoms with E-state index in [2.05, 4.69) is 12.2 Å². The summed E-state index contributed by atoms with van der Waals surface area (Å²) in [5.41, 5.74) is -0.630. The molecule has 3 heteroatoms. The maximum atomic E-state index is 11.0. The molecule has 0 atom stereocenters. The minimum absolute atomic E-state index is 0.00926. The number of aliphatic hydroxyl groups is 1. The number of carbonyl (C=O) groups is 1. The highest BCUT2D eigenvalue weighted by molar-refractivity contribution is 7.79. The number of hydrogen-bond donors (Lipinski definition) is 1. The Bertz CT molecular complexity index is 141. The molecule has 0 aliphatic carbocycles. The van der Waals surface area contributed by atoms with Crippen LogP contribution in [0.1, 0.15) is 20.3 Å². The van der Waals surface area contributed by atoms with Crippen molar-refractivity contribution in [3.63, 3.8) is 0 Å². The average Bonchev–Trinajstić information content (AvgIpc) is 1.89. The molecule has 0 aliphatic heterocycles. The van der Waals surface area contributed by atoms with Gasteiger partial charge >= 0.3 is 0 Å². The van der Waals surface area contributed by atoms with Crippen molar-refractivity contribution in [1.29, 1.82) is 0 Å². The first-order valence-corrected chi connectivity index (χ1v) is 3.59. The fourth-order valence-corrected chi connectivity index (χ4v) is 0.592. The number of carbonyl (C=O) groups excluding carboxylic acids is 1. The second-order valence-electron chi connectivity index (χ2n) is 2.84. The van der Waals surface area contributed by atoms with E-state index in [9.17, 15) is 4.79 Å². The molecular weight excluding hydrogens is 148 g/mol. The molecule has 2 nitrogen and oxygen atoms in total. The van der Waals surface area contributed by atoms with E-state index in [4.69, 9.17) is 5.11 Å². The van der Waals surface area contributed by atoms with Gasteiger partial charge in [0, 0.05) is 11.8 Å². The summed E-state index contributed by atoms with van der Waals surface area (Å²) in [5.74, 6) is -0.00926. The zero-order valence-electron chi connectivity index (χ0n) is 6.26. The van der Waals surface area contributed by atoms with E-state index in [0.29, 0.717) is 0 Å². The monoisotopic (exact) mass is 160 g/mol. The molecule has 0 spiro atoms. The van der Waals surface area contributed by atoms with E-state index < -0.39 is 5.41 Å². The maximum absolute atomic E-state index is 11.0. The van der Waals surface area contributed by atoms with Crippen LogP contribution in [-0.2, 0) is 4.79 Å². The molecule has 0 aromatic rings. The lowest BCUT2D eigenvalue weighted by atomic mass is 9.88. The van der Waals surface area contributed by atoms with Crippen molar-refractivity contribution in [1.82, 2.24) is 0 Å². The third-order valence-electron chi connectivity index (χ3n) is 1.42. The quantitative estimate of drug-likeness (QED) is 0.622. The first-order chi connectivity index (χ1) is 4.54. The normalized spacial score (nSPS) is 11.1. The van der Waals surface area contributed by atoms with Crippen molar-refractivity contribution in [2.24, 2.45) is 5.41 Å². The van der Waals surface area contributed by atoms with Gasteiger partial charge in [-0.1, -0.05) is 26.1 Å². The Morgan fingerprint density at radius 1 is 1.70 bits per heavy atom. The molecule has 0 radical (unpaired) electrons. The van der Waals surface area contributed by atoms with Crippen LogP contribution in [0, 0.1) is 5.41 Å². The smallest absolute Gasteiger partial charge is 0.145 e. The fourth-order valence-electron chi connectivity index (χ4n) is 0.440. The van der Waals surface area contributed by atoms with Crippen LogP contribution in [0.25, 0.3) is 0 Å². The van der Waals surface area contributed by atoms with Crippen LogP contribution in [0.4, 0.5) is 0 Å². The highest BCUT2D eigenvalue weighted by Crippen LogP contribution is 2.16. The van der Waals surface area contributed by atoms with Gasteiger partial charge in [0.2, 0.25) is 0 Å². The molecule has 0 aliphatic rings. The average molecular weight is 160 g/mol. The lowest BCUT2D eigenvalue weighted by Crippen LogP contribution is -2.28. The molecule has 0 bridgehead atoms. The number of rotatable bonds is 4. The summed E-state index contributed by atoms with van der Waals surface area (Å²) in [6, 6.07) is 0.